The van der Waals surface area contributed by atoms with Gasteiger partial charge in [0.1, 0.15) is 40.1 Å². The maximum Gasteiger partial charge on any atom is 0.336 e. The van der Waals surface area contributed by atoms with Gasteiger partial charge >= 0.3 is 64.1 Å². The molecule has 2 aliphatic rings. The van der Waals surface area contributed by atoms with E-state index in [1.165, 1.54) is 47.9 Å². The molecule has 4 heterocycles. The van der Waals surface area contributed by atoms with E-state index in [-0.39, 0.29) is 26.8 Å². The van der Waals surface area contributed by atoms with E-state index in [9.17, 15) is 63.0 Å². The highest BCUT2D eigenvalue weighted by molar-refractivity contribution is 5.85. The van der Waals surface area contributed by atoms with Crippen molar-refractivity contribution in [2.75, 3.05) is 81.8 Å². The second-order valence-electron chi connectivity index (χ2n) is 14.5. The Hall–Kier alpha value is -6.47. The summed E-state index contributed by atoms with van der Waals surface area (Å²) in [5.74, 6) is -2.72. The number of nitrogens with zero attached hydrogens (tertiary/aromatic N) is 10. The molecule has 4 amide bonds. The van der Waals surface area contributed by atoms with Crippen molar-refractivity contribution in [3.63, 3.8) is 0 Å². The van der Waals surface area contributed by atoms with E-state index >= 15 is 0 Å². The topological polar surface area (TPSA) is 335 Å². The zero-order valence-corrected chi connectivity index (χ0v) is 37.0. The molecule has 30 heteroatoms. The van der Waals surface area contributed by atoms with Crippen LogP contribution in [0.5, 0.6) is 0 Å². The van der Waals surface area contributed by atoms with E-state index in [4.69, 9.17) is 28.4 Å². The maximum atomic E-state index is 13.5. The van der Waals surface area contributed by atoms with Crippen LogP contribution in [0.15, 0.2) is 28.8 Å². The molecule has 2 aromatic heterocycles. The molecular formula is C36H54N10O20. The molecule has 0 radical (unpaired) electrons. The number of ether oxygens (including phenoxy) is 7. The standard InChI is InChI=1S/C36H54N10O20/c1-23(48)18-66-26(51)8-11-39-30(53)37(9-6-24(49)63-5)29(52)38(31(39)54)10-7-25(50)65-17-14-42-33(56)40(12-15-47)32(55)41(34(42)57)13-16-64-22-46-28-27(44(20-61-3)36(46)59)43(19-60-2)35(58)45(28)21-62-4/h23,27-28,47-48H,6-22H2,1-5H3. The number of carbonyl (C=O) groups is 5. The molecule has 30 nitrogen and oxygen atoms in total. The molecule has 0 saturated carbocycles. The summed E-state index contributed by atoms with van der Waals surface area (Å²) in [4.78, 5) is 148. The highest BCUT2D eigenvalue weighted by Crippen LogP contribution is 2.34. The zero-order valence-electron chi connectivity index (χ0n) is 37.0. The summed E-state index contributed by atoms with van der Waals surface area (Å²) >= 11 is 0. The minimum absolute atomic E-state index is 0.169. The smallest absolute Gasteiger partial charge is 0.336 e. The fourth-order valence-electron chi connectivity index (χ4n) is 6.96. The van der Waals surface area contributed by atoms with Crippen molar-refractivity contribution < 1.29 is 67.3 Å². The Labute approximate surface area is 372 Å². The number of amides is 4. The van der Waals surface area contributed by atoms with Crippen LogP contribution in [0.25, 0.3) is 0 Å². The SMILES string of the molecule is COCN1C(=O)N(COC)C2C1N(COC)C(=O)N2COCCn1c(=O)n(CCO)c(=O)n(CCOC(=O)CCn2c(=O)n(CCC(=O)OC)c(=O)n(CCC(=O)OCC(C)O)c2=O)c1=O. The fourth-order valence-corrected chi connectivity index (χ4v) is 6.96. The van der Waals surface area contributed by atoms with Crippen LogP contribution in [0.2, 0.25) is 0 Å². The van der Waals surface area contributed by atoms with Crippen LogP contribution in [0.1, 0.15) is 26.2 Å². The first-order valence-corrected chi connectivity index (χ1v) is 20.2. The van der Waals surface area contributed by atoms with Gasteiger partial charge < -0.3 is 43.4 Å². The third kappa shape index (κ3) is 11.9. The van der Waals surface area contributed by atoms with Crippen LogP contribution in [-0.4, -0.2) is 187 Å². The van der Waals surface area contributed by atoms with Gasteiger partial charge in [0.2, 0.25) is 0 Å². The van der Waals surface area contributed by atoms with E-state index in [1.54, 1.807) is 0 Å². The molecule has 0 bridgehead atoms. The first kappa shape index (κ1) is 52.2. The highest BCUT2D eigenvalue weighted by Gasteiger charge is 2.59. The van der Waals surface area contributed by atoms with Crippen molar-refractivity contribution in [2.24, 2.45) is 0 Å². The number of esters is 3. The zero-order chi connectivity index (χ0) is 48.8. The van der Waals surface area contributed by atoms with Crippen molar-refractivity contribution >= 4 is 30.0 Å². The monoisotopic (exact) mass is 946 g/mol. The molecule has 4 rings (SSSR count). The van der Waals surface area contributed by atoms with Gasteiger partial charge in [0, 0.05) is 41.0 Å². The van der Waals surface area contributed by atoms with Gasteiger partial charge in [-0.1, -0.05) is 0 Å². The van der Waals surface area contributed by atoms with Gasteiger partial charge in [-0.15, -0.1) is 0 Å². The van der Waals surface area contributed by atoms with Crippen LogP contribution in [0.3, 0.4) is 0 Å². The normalized spacial score (nSPS) is 16.3. The van der Waals surface area contributed by atoms with E-state index in [2.05, 4.69) is 4.74 Å². The average molecular weight is 947 g/mol. The number of hydrogen-bond acceptors (Lipinski definition) is 20. The predicted octanol–water partition coefficient (Wildman–Crippen LogP) is -5.93. The molecule has 2 aromatic rings. The molecule has 2 aliphatic heterocycles. The molecule has 0 aliphatic carbocycles. The maximum absolute atomic E-state index is 13.5. The van der Waals surface area contributed by atoms with Crippen LogP contribution >= 0.6 is 0 Å². The van der Waals surface area contributed by atoms with Crippen molar-refractivity contribution in [1.82, 2.24) is 47.0 Å². The number of aliphatic hydroxyl groups excluding tert-OH is 2. The van der Waals surface area contributed by atoms with Gasteiger partial charge in [-0.3, -0.25) is 34.0 Å². The molecule has 3 unspecified atom stereocenters. The van der Waals surface area contributed by atoms with Crippen LogP contribution < -0.4 is 34.1 Å². The van der Waals surface area contributed by atoms with Crippen molar-refractivity contribution in [1.29, 1.82) is 0 Å². The molecule has 2 saturated heterocycles. The summed E-state index contributed by atoms with van der Waals surface area (Å²) < 4.78 is 39.2. The van der Waals surface area contributed by atoms with Gasteiger partial charge in [0.05, 0.1) is 65.3 Å². The highest BCUT2D eigenvalue weighted by atomic mass is 16.5. The lowest BCUT2D eigenvalue weighted by Gasteiger charge is -2.28. The Balaban J connectivity index is 1.47. The number of fused-ring (bicyclic) bond motifs is 1. The first-order valence-electron chi connectivity index (χ1n) is 20.2. The predicted molar refractivity (Wildman–Crippen MR) is 217 cm³/mol. The molecule has 2 N–H and O–H groups in total. The summed E-state index contributed by atoms with van der Waals surface area (Å²) in [6, 6.07) is -1.09. The largest absolute Gasteiger partial charge is 0.469 e. The van der Waals surface area contributed by atoms with E-state index < -0.39 is 168 Å². The number of aromatic nitrogens is 6. The van der Waals surface area contributed by atoms with Crippen molar-refractivity contribution in [2.45, 2.75) is 83.9 Å². The first-order chi connectivity index (χ1) is 31.5. The average Bonchev–Trinajstić information content (AvgIpc) is 3.69. The minimum Gasteiger partial charge on any atom is -0.469 e. The summed E-state index contributed by atoms with van der Waals surface area (Å²) in [7, 11) is 5.17. The Morgan fingerprint density at radius 2 is 0.848 bits per heavy atom. The van der Waals surface area contributed by atoms with Crippen molar-refractivity contribution in [3.8, 4) is 0 Å². The molecule has 0 spiro atoms. The van der Waals surface area contributed by atoms with E-state index in [1.807, 2.05) is 0 Å². The summed E-state index contributed by atoms with van der Waals surface area (Å²) in [5, 5.41) is 19.0. The molecule has 66 heavy (non-hydrogen) atoms. The minimum atomic E-state index is -1.21. The number of aliphatic hydroxyl groups is 2. The molecule has 368 valence electrons. The van der Waals surface area contributed by atoms with E-state index in [0.29, 0.717) is 27.4 Å². The second-order valence-corrected chi connectivity index (χ2v) is 14.5. The Morgan fingerprint density at radius 3 is 1.23 bits per heavy atom. The van der Waals surface area contributed by atoms with Gasteiger partial charge in [-0.2, -0.15) is 0 Å². The van der Waals surface area contributed by atoms with Crippen LogP contribution in [0, 0.1) is 0 Å². The lowest BCUT2D eigenvalue weighted by atomic mass is 10.3. The lowest BCUT2D eigenvalue weighted by molar-refractivity contribution is -0.146. The Morgan fingerprint density at radius 1 is 0.500 bits per heavy atom. The third-order valence-electron chi connectivity index (χ3n) is 10.0. The number of rotatable bonds is 27. The third-order valence-corrected chi connectivity index (χ3v) is 10.0. The summed E-state index contributed by atoms with van der Waals surface area (Å²) in [6.45, 7) is -5.15. The molecule has 0 aromatic carbocycles. The Kier molecular flexibility index (Phi) is 19.1. The van der Waals surface area contributed by atoms with Gasteiger partial charge in [-0.05, 0) is 6.92 Å². The van der Waals surface area contributed by atoms with Gasteiger partial charge in [0.15, 0.2) is 12.3 Å². The number of carbonyl (C=O) groups excluding carboxylic acids is 5. The molecule has 2 fully saturated rings. The van der Waals surface area contributed by atoms with E-state index in [0.717, 1.165) is 7.11 Å². The molecular weight excluding hydrogens is 892 g/mol. The van der Waals surface area contributed by atoms with Crippen molar-refractivity contribution in [3.05, 3.63) is 62.9 Å². The summed E-state index contributed by atoms with van der Waals surface area (Å²) in [6.07, 6.45) is -4.45. The molecule has 3 atom stereocenters. The van der Waals surface area contributed by atoms with Gasteiger partial charge in [-0.25, -0.2) is 65.8 Å². The van der Waals surface area contributed by atoms with Crippen LogP contribution in [0.4, 0.5) is 9.59 Å². The number of urea groups is 2. The van der Waals surface area contributed by atoms with Gasteiger partial charge in [0.25, 0.3) is 0 Å². The lowest BCUT2D eigenvalue weighted by Crippen LogP contribution is -2.55. The number of hydrogen-bond donors (Lipinski definition) is 2. The van der Waals surface area contributed by atoms with Crippen LogP contribution in [-0.2, 0) is 86.8 Å². The quantitative estimate of drug-likeness (QED) is 0.0478. The second kappa shape index (κ2) is 24.2. The fraction of sp³-hybridized carbons (Fsp3) is 0.694. The Bertz CT molecular complexity index is 2430. The number of methoxy groups -OCH3 is 4. The summed E-state index contributed by atoms with van der Waals surface area (Å²) in [5.41, 5.74) is -6.99.